The van der Waals surface area contributed by atoms with E-state index in [2.05, 4.69) is 14.9 Å². The second-order valence-electron chi connectivity index (χ2n) is 4.27. The molecule has 0 atom stereocenters. The lowest BCUT2D eigenvalue weighted by molar-refractivity contribution is 0.442. The molecule has 0 saturated heterocycles. The van der Waals surface area contributed by atoms with Gasteiger partial charge in [0, 0.05) is 19.8 Å². The lowest BCUT2D eigenvalue weighted by Gasteiger charge is -2.16. The van der Waals surface area contributed by atoms with Crippen LogP contribution in [0.4, 0.5) is 0 Å². The van der Waals surface area contributed by atoms with Crippen molar-refractivity contribution in [3.63, 3.8) is 0 Å². The fourth-order valence-electron chi connectivity index (χ4n) is 1.47. The van der Waals surface area contributed by atoms with Crippen LogP contribution >= 0.6 is 0 Å². The molecular formula is C10H16N4O2S. The molecule has 94 valence electrons. The Morgan fingerprint density at radius 1 is 1.53 bits per heavy atom. The molecule has 1 saturated carbocycles. The summed E-state index contributed by atoms with van der Waals surface area (Å²) < 4.78 is 27.5. The number of hydrogen-bond acceptors (Lipinski definition) is 4. The summed E-state index contributed by atoms with van der Waals surface area (Å²) in [6.45, 7) is 0.765. The number of aromatic nitrogens is 2. The second-order valence-corrected chi connectivity index (χ2v) is 6.13. The smallest absolute Gasteiger partial charge is 0.196 e. The highest BCUT2D eigenvalue weighted by atomic mass is 32.2. The van der Waals surface area contributed by atoms with Gasteiger partial charge in [-0.15, -0.1) is 0 Å². The van der Waals surface area contributed by atoms with Crippen LogP contribution in [0, 0.1) is 5.92 Å². The molecule has 1 aromatic heterocycles. The van der Waals surface area contributed by atoms with Gasteiger partial charge < -0.3 is 0 Å². The molecule has 1 N–H and O–H groups in total. The lowest BCUT2D eigenvalue weighted by Crippen LogP contribution is -2.39. The van der Waals surface area contributed by atoms with Crippen LogP contribution in [0.2, 0.25) is 0 Å². The summed E-state index contributed by atoms with van der Waals surface area (Å²) in [7, 11) is -1.80. The van der Waals surface area contributed by atoms with Gasteiger partial charge in [-0.3, -0.25) is 0 Å². The molecule has 0 aromatic carbocycles. The molecule has 2 rings (SSSR count). The van der Waals surface area contributed by atoms with Gasteiger partial charge >= 0.3 is 0 Å². The number of nitrogens with zero attached hydrogens (tertiary/aromatic N) is 3. The molecule has 0 aliphatic heterocycles. The van der Waals surface area contributed by atoms with Crippen LogP contribution in [-0.2, 0) is 16.8 Å². The number of nitrogens with one attached hydrogen (secondary N) is 1. The van der Waals surface area contributed by atoms with Crippen LogP contribution in [-0.4, -0.2) is 36.5 Å². The summed E-state index contributed by atoms with van der Waals surface area (Å²) in [5.74, 6) is 0.535. The fraction of sp³-hybridized carbons (Fsp3) is 0.600. The SMILES string of the molecule is CN(CC1CC1)S(=O)(=O)NCc1cccnn1. The molecule has 1 aromatic rings. The summed E-state index contributed by atoms with van der Waals surface area (Å²) in [4.78, 5) is 0. The van der Waals surface area contributed by atoms with Gasteiger partial charge in [0.1, 0.15) is 0 Å². The van der Waals surface area contributed by atoms with Crippen molar-refractivity contribution in [1.82, 2.24) is 19.2 Å². The Kier molecular flexibility index (Phi) is 3.70. The zero-order valence-corrected chi connectivity index (χ0v) is 10.5. The van der Waals surface area contributed by atoms with Crippen LogP contribution < -0.4 is 4.72 Å². The van der Waals surface area contributed by atoms with Crippen molar-refractivity contribution in [3.8, 4) is 0 Å². The summed E-state index contributed by atoms with van der Waals surface area (Å²) >= 11 is 0. The molecular weight excluding hydrogens is 240 g/mol. The minimum Gasteiger partial charge on any atom is -0.196 e. The van der Waals surface area contributed by atoms with Gasteiger partial charge in [-0.2, -0.15) is 27.6 Å². The average Bonchev–Trinajstić information content (AvgIpc) is 3.12. The summed E-state index contributed by atoms with van der Waals surface area (Å²) in [5, 5.41) is 7.51. The first-order valence-electron chi connectivity index (χ1n) is 5.55. The maximum Gasteiger partial charge on any atom is 0.279 e. The predicted octanol–water partition coefficient (Wildman–Crippen LogP) is 0.153. The van der Waals surface area contributed by atoms with Crippen molar-refractivity contribution < 1.29 is 8.42 Å². The molecule has 17 heavy (non-hydrogen) atoms. The molecule has 0 radical (unpaired) electrons. The summed E-state index contributed by atoms with van der Waals surface area (Å²) in [6.07, 6.45) is 3.81. The minimum atomic E-state index is -3.40. The van der Waals surface area contributed by atoms with Gasteiger partial charge in [0.25, 0.3) is 10.2 Å². The largest absolute Gasteiger partial charge is 0.279 e. The maximum atomic E-state index is 11.8. The maximum absolute atomic E-state index is 11.8. The molecule has 1 fully saturated rings. The predicted molar refractivity (Wildman–Crippen MR) is 63.1 cm³/mol. The Morgan fingerprint density at radius 3 is 2.88 bits per heavy atom. The van der Waals surface area contributed by atoms with Crippen molar-refractivity contribution in [2.24, 2.45) is 5.92 Å². The molecule has 0 spiro atoms. The molecule has 1 heterocycles. The zero-order chi connectivity index (χ0) is 12.3. The van der Waals surface area contributed by atoms with E-state index in [1.165, 1.54) is 4.31 Å². The van der Waals surface area contributed by atoms with Crippen molar-refractivity contribution in [2.75, 3.05) is 13.6 Å². The van der Waals surface area contributed by atoms with Crippen LogP contribution in [0.15, 0.2) is 18.3 Å². The molecule has 1 aliphatic rings. The van der Waals surface area contributed by atoms with E-state index in [1.807, 2.05) is 0 Å². The van der Waals surface area contributed by atoms with E-state index in [1.54, 1.807) is 25.4 Å². The van der Waals surface area contributed by atoms with E-state index >= 15 is 0 Å². The third kappa shape index (κ3) is 3.72. The van der Waals surface area contributed by atoms with Gasteiger partial charge in [-0.05, 0) is 30.9 Å². The minimum absolute atomic E-state index is 0.172. The molecule has 0 bridgehead atoms. The normalized spacial score (nSPS) is 16.4. The van der Waals surface area contributed by atoms with Gasteiger partial charge in [0.15, 0.2) is 0 Å². The quantitative estimate of drug-likeness (QED) is 0.786. The van der Waals surface area contributed by atoms with Crippen molar-refractivity contribution >= 4 is 10.2 Å². The van der Waals surface area contributed by atoms with E-state index in [9.17, 15) is 8.42 Å². The van der Waals surface area contributed by atoms with E-state index in [-0.39, 0.29) is 6.54 Å². The van der Waals surface area contributed by atoms with Crippen LogP contribution in [0.1, 0.15) is 18.5 Å². The summed E-state index contributed by atoms with van der Waals surface area (Å²) in [6, 6.07) is 3.46. The average molecular weight is 256 g/mol. The first kappa shape index (κ1) is 12.4. The Labute approximate surface area is 101 Å². The molecule has 0 amide bonds. The Hall–Kier alpha value is -1.05. The van der Waals surface area contributed by atoms with Gasteiger partial charge in [-0.25, -0.2) is 0 Å². The molecule has 7 heteroatoms. The summed E-state index contributed by atoms with van der Waals surface area (Å²) in [5.41, 5.74) is 0.607. The standard InChI is InChI=1S/C10H16N4O2S/c1-14(8-9-4-5-9)17(15,16)12-7-10-3-2-6-11-13-10/h2-3,6,9,12H,4-5,7-8H2,1H3. The Bertz CT molecular complexity index is 458. The lowest BCUT2D eigenvalue weighted by atomic mass is 10.4. The van der Waals surface area contributed by atoms with Crippen LogP contribution in [0.5, 0.6) is 0 Å². The highest BCUT2D eigenvalue weighted by Gasteiger charge is 2.27. The Balaban J connectivity index is 1.88. The van der Waals surface area contributed by atoms with Gasteiger partial charge in [0.2, 0.25) is 0 Å². The van der Waals surface area contributed by atoms with Gasteiger partial charge in [-0.1, -0.05) is 0 Å². The van der Waals surface area contributed by atoms with E-state index in [0.29, 0.717) is 18.2 Å². The molecule has 0 unspecified atom stereocenters. The molecule has 6 nitrogen and oxygen atoms in total. The second kappa shape index (κ2) is 5.07. The van der Waals surface area contributed by atoms with Crippen LogP contribution in [0.25, 0.3) is 0 Å². The van der Waals surface area contributed by atoms with Crippen molar-refractivity contribution in [1.29, 1.82) is 0 Å². The first-order valence-corrected chi connectivity index (χ1v) is 6.99. The van der Waals surface area contributed by atoms with Gasteiger partial charge in [0.05, 0.1) is 12.2 Å². The van der Waals surface area contributed by atoms with E-state index in [4.69, 9.17) is 0 Å². The fourth-order valence-corrected chi connectivity index (χ4v) is 2.42. The first-order chi connectivity index (χ1) is 8.08. The zero-order valence-electron chi connectivity index (χ0n) is 9.70. The van der Waals surface area contributed by atoms with E-state index in [0.717, 1.165) is 12.8 Å². The number of rotatable bonds is 6. The van der Waals surface area contributed by atoms with Crippen molar-refractivity contribution in [3.05, 3.63) is 24.0 Å². The van der Waals surface area contributed by atoms with Crippen LogP contribution in [0.3, 0.4) is 0 Å². The third-order valence-corrected chi connectivity index (χ3v) is 4.16. The van der Waals surface area contributed by atoms with Crippen molar-refractivity contribution in [2.45, 2.75) is 19.4 Å². The number of hydrogen-bond donors (Lipinski definition) is 1. The highest BCUT2D eigenvalue weighted by Crippen LogP contribution is 2.29. The topological polar surface area (TPSA) is 75.2 Å². The highest BCUT2D eigenvalue weighted by molar-refractivity contribution is 7.87. The third-order valence-electron chi connectivity index (χ3n) is 2.69. The monoisotopic (exact) mass is 256 g/mol. The Morgan fingerprint density at radius 2 is 2.29 bits per heavy atom. The molecule has 1 aliphatic carbocycles. The van der Waals surface area contributed by atoms with E-state index < -0.39 is 10.2 Å².